The molecule has 0 saturated carbocycles. The number of hydrogen-bond acceptors (Lipinski definition) is 4. The van der Waals surface area contributed by atoms with Gasteiger partial charge in [-0.05, 0) is 42.8 Å². The van der Waals surface area contributed by atoms with Crippen molar-refractivity contribution >= 4 is 33.2 Å². The van der Waals surface area contributed by atoms with E-state index in [9.17, 15) is 31.2 Å². The second-order valence-corrected chi connectivity index (χ2v) is 7.90. The lowest BCUT2D eigenvalue weighted by molar-refractivity contribution is -0.137. The normalized spacial score (nSPS) is 15.2. The third kappa shape index (κ3) is 3.72. The van der Waals surface area contributed by atoms with Crippen molar-refractivity contribution in [1.29, 1.82) is 0 Å². The fourth-order valence-corrected chi connectivity index (χ4v) is 4.08. The molecular formula is C18H15F3N2O4S. The molecule has 1 aliphatic rings. The SMILES string of the molecule is Cc1cc(S(=O)(=O)Nc2ccccc2C(F)(F)F)ccc1N1C(=O)CCC1=O. The Hall–Kier alpha value is -2.88. The Labute approximate surface area is 159 Å². The number of carbonyl (C=O) groups is 2. The van der Waals surface area contributed by atoms with Gasteiger partial charge in [0.1, 0.15) is 0 Å². The fourth-order valence-electron chi connectivity index (χ4n) is 2.91. The number of anilines is 2. The molecule has 1 N–H and O–H groups in total. The predicted molar refractivity (Wildman–Crippen MR) is 95.2 cm³/mol. The molecule has 2 aromatic rings. The van der Waals surface area contributed by atoms with Gasteiger partial charge < -0.3 is 0 Å². The van der Waals surface area contributed by atoms with Crippen molar-refractivity contribution in [3.63, 3.8) is 0 Å². The van der Waals surface area contributed by atoms with E-state index < -0.39 is 27.5 Å². The van der Waals surface area contributed by atoms with Gasteiger partial charge in [0.05, 0.1) is 21.8 Å². The van der Waals surface area contributed by atoms with Crippen molar-refractivity contribution in [2.24, 2.45) is 0 Å². The highest BCUT2D eigenvalue weighted by Gasteiger charge is 2.35. The van der Waals surface area contributed by atoms with Crippen LogP contribution in [0.4, 0.5) is 24.5 Å². The lowest BCUT2D eigenvalue weighted by atomic mass is 10.2. The van der Waals surface area contributed by atoms with Crippen LogP contribution >= 0.6 is 0 Å². The van der Waals surface area contributed by atoms with Crippen molar-refractivity contribution in [3.8, 4) is 0 Å². The lowest BCUT2D eigenvalue weighted by Crippen LogP contribution is -2.29. The number of halogens is 3. The number of amides is 2. The molecule has 0 aliphatic carbocycles. The van der Waals surface area contributed by atoms with Crippen molar-refractivity contribution < 1.29 is 31.2 Å². The monoisotopic (exact) mass is 412 g/mol. The minimum absolute atomic E-state index is 0.0775. The van der Waals surface area contributed by atoms with Gasteiger partial charge in [-0.3, -0.25) is 19.2 Å². The van der Waals surface area contributed by atoms with Crippen LogP contribution in [0.25, 0.3) is 0 Å². The predicted octanol–water partition coefficient (Wildman–Crippen LogP) is 3.47. The Morgan fingerprint density at radius 3 is 2.18 bits per heavy atom. The molecule has 2 amide bonds. The van der Waals surface area contributed by atoms with Crippen molar-refractivity contribution in [2.45, 2.75) is 30.8 Å². The number of carbonyl (C=O) groups excluding carboxylic acids is 2. The average Bonchev–Trinajstić information content (AvgIpc) is 2.93. The van der Waals surface area contributed by atoms with E-state index >= 15 is 0 Å². The third-order valence-corrected chi connectivity index (χ3v) is 5.61. The van der Waals surface area contributed by atoms with Gasteiger partial charge in [0, 0.05) is 12.8 Å². The molecule has 0 atom stereocenters. The summed E-state index contributed by atoms with van der Waals surface area (Å²) in [7, 11) is -4.32. The smallest absolute Gasteiger partial charge is 0.279 e. The van der Waals surface area contributed by atoms with E-state index in [1.807, 2.05) is 4.72 Å². The largest absolute Gasteiger partial charge is 0.418 e. The minimum atomic E-state index is -4.73. The van der Waals surface area contributed by atoms with Gasteiger partial charge in [-0.2, -0.15) is 13.2 Å². The first-order chi connectivity index (χ1) is 13.0. The highest BCUT2D eigenvalue weighted by atomic mass is 32.2. The van der Waals surface area contributed by atoms with Gasteiger partial charge in [-0.15, -0.1) is 0 Å². The zero-order chi connectivity index (χ0) is 20.7. The summed E-state index contributed by atoms with van der Waals surface area (Å²) in [4.78, 5) is 24.4. The maximum absolute atomic E-state index is 13.1. The molecular weight excluding hydrogens is 397 g/mol. The number of hydrogen-bond donors (Lipinski definition) is 1. The number of aryl methyl sites for hydroxylation is 1. The molecule has 0 aromatic heterocycles. The van der Waals surface area contributed by atoms with Crippen molar-refractivity contribution in [2.75, 3.05) is 9.62 Å². The van der Waals surface area contributed by atoms with Crippen molar-refractivity contribution in [3.05, 3.63) is 53.6 Å². The van der Waals surface area contributed by atoms with Crippen LogP contribution in [0.5, 0.6) is 0 Å². The zero-order valence-corrected chi connectivity index (χ0v) is 15.4. The molecule has 0 radical (unpaired) electrons. The van der Waals surface area contributed by atoms with E-state index in [1.54, 1.807) is 0 Å². The van der Waals surface area contributed by atoms with Crippen LogP contribution in [0, 0.1) is 6.92 Å². The summed E-state index contributed by atoms with van der Waals surface area (Å²) in [5.41, 5.74) is -1.13. The van der Waals surface area contributed by atoms with Crippen molar-refractivity contribution in [1.82, 2.24) is 0 Å². The maximum Gasteiger partial charge on any atom is 0.418 e. The fraction of sp³-hybridized carbons (Fsp3) is 0.222. The molecule has 0 spiro atoms. The van der Waals surface area contributed by atoms with E-state index in [0.29, 0.717) is 5.56 Å². The quantitative estimate of drug-likeness (QED) is 0.780. The molecule has 1 saturated heterocycles. The third-order valence-electron chi connectivity index (χ3n) is 4.25. The van der Waals surface area contributed by atoms with Crippen LogP contribution in [-0.4, -0.2) is 20.2 Å². The molecule has 28 heavy (non-hydrogen) atoms. The summed E-state index contributed by atoms with van der Waals surface area (Å²) in [6, 6.07) is 7.86. The number of nitrogens with zero attached hydrogens (tertiary/aromatic N) is 1. The van der Waals surface area contributed by atoms with Gasteiger partial charge in [-0.25, -0.2) is 8.42 Å². The Kier molecular flexibility index (Phi) is 4.92. The summed E-state index contributed by atoms with van der Waals surface area (Å²) in [6.07, 6.45) is -4.57. The number of nitrogens with one attached hydrogen (secondary N) is 1. The molecule has 6 nitrogen and oxygen atoms in total. The molecule has 3 rings (SSSR count). The summed E-state index contributed by atoms with van der Waals surface area (Å²) < 4.78 is 66.3. The minimum Gasteiger partial charge on any atom is -0.279 e. The van der Waals surface area contributed by atoms with Crippen LogP contribution in [0.15, 0.2) is 47.4 Å². The Morgan fingerprint density at radius 2 is 1.61 bits per heavy atom. The summed E-state index contributed by atoms with van der Waals surface area (Å²) in [6.45, 7) is 1.51. The first kappa shape index (κ1) is 19.9. The summed E-state index contributed by atoms with van der Waals surface area (Å²) in [5.74, 6) is -0.776. The lowest BCUT2D eigenvalue weighted by Gasteiger charge is -2.18. The van der Waals surface area contributed by atoms with Gasteiger partial charge in [-0.1, -0.05) is 12.1 Å². The number of alkyl halides is 3. The number of para-hydroxylation sites is 1. The molecule has 10 heteroatoms. The molecule has 1 heterocycles. The topological polar surface area (TPSA) is 83.6 Å². The zero-order valence-electron chi connectivity index (χ0n) is 14.6. The first-order valence-corrected chi connectivity index (χ1v) is 9.64. The van der Waals surface area contributed by atoms with Gasteiger partial charge >= 0.3 is 6.18 Å². The van der Waals surface area contributed by atoms with Gasteiger partial charge in [0.15, 0.2) is 0 Å². The van der Waals surface area contributed by atoms with Crippen LogP contribution < -0.4 is 9.62 Å². The molecule has 148 valence electrons. The average molecular weight is 412 g/mol. The van der Waals surface area contributed by atoms with E-state index in [4.69, 9.17) is 0 Å². The van der Waals surface area contributed by atoms with E-state index in [1.165, 1.54) is 25.1 Å². The number of rotatable bonds is 4. The molecule has 1 fully saturated rings. The van der Waals surface area contributed by atoms with Crippen LogP contribution in [-0.2, 0) is 25.8 Å². The second kappa shape index (κ2) is 6.93. The number of imide groups is 1. The van der Waals surface area contributed by atoms with E-state index in [0.717, 1.165) is 29.2 Å². The standard InChI is InChI=1S/C18H15F3N2O4S/c1-11-10-12(6-7-15(11)23-16(24)8-9-17(23)25)28(26,27)22-14-5-3-2-4-13(14)18(19,20)21/h2-7,10,22H,8-9H2,1H3. The molecule has 1 aliphatic heterocycles. The van der Waals surface area contributed by atoms with E-state index in [-0.39, 0.29) is 35.2 Å². The highest BCUT2D eigenvalue weighted by molar-refractivity contribution is 7.92. The summed E-state index contributed by atoms with van der Waals surface area (Å²) in [5, 5.41) is 0. The van der Waals surface area contributed by atoms with Crippen LogP contribution in [0.2, 0.25) is 0 Å². The van der Waals surface area contributed by atoms with Gasteiger partial charge in [0.2, 0.25) is 11.8 Å². The Morgan fingerprint density at radius 1 is 1.00 bits per heavy atom. The molecule has 2 aromatic carbocycles. The highest BCUT2D eigenvalue weighted by Crippen LogP contribution is 2.36. The van der Waals surface area contributed by atoms with E-state index in [2.05, 4.69) is 0 Å². The van der Waals surface area contributed by atoms with Crippen LogP contribution in [0.1, 0.15) is 24.0 Å². The van der Waals surface area contributed by atoms with Gasteiger partial charge in [0.25, 0.3) is 10.0 Å². The first-order valence-electron chi connectivity index (χ1n) is 8.16. The van der Waals surface area contributed by atoms with Crippen LogP contribution in [0.3, 0.4) is 0 Å². The second-order valence-electron chi connectivity index (χ2n) is 6.22. The Balaban J connectivity index is 1.95. The Bertz CT molecular complexity index is 1050. The molecule has 0 unspecified atom stereocenters. The number of sulfonamides is 1. The maximum atomic E-state index is 13.1. The summed E-state index contributed by atoms with van der Waals surface area (Å²) >= 11 is 0. The molecule has 0 bridgehead atoms. The number of benzene rings is 2.